The average Bonchev–Trinajstić information content (AvgIpc) is 2.35. The Morgan fingerprint density at radius 2 is 2.32 bits per heavy atom. The fraction of sp³-hybridized carbons (Fsp3) is 0.364. The van der Waals surface area contributed by atoms with Crippen LogP contribution < -0.4 is 5.32 Å². The van der Waals surface area contributed by atoms with Crippen molar-refractivity contribution in [2.45, 2.75) is 13.5 Å². The van der Waals surface area contributed by atoms with Gasteiger partial charge in [0.1, 0.15) is 3.70 Å². The largest absolute Gasteiger partial charge is 0.370 e. The van der Waals surface area contributed by atoms with Gasteiger partial charge in [-0.25, -0.2) is 4.98 Å². The molecule has 0 aliphatic heterocycles. The summed E-state index contributed by atoms with van der Waals surface area (Å²) in [4.78, 5) is 16.3. The highest BCUT2D eigenvalue weighted by Crippen LogP contribution is 2.17. The quantitative estimate of drug-likeness (QED) is 0.289. The second kappa shape index (κ2) is 7.82. The van der Waals surface area contributed by atoms with E-state index >= 15 is 0 Å². The molecule has 0 aromatic carbocycles. The van der Waals surface area contributed by atoms with E-state index in [1.807, 2.05) is 24.1 Å². The van der Waals surface area contributed by atoms with E-state index in [0.717, 1.165) is 19.0 Å². The van der Waals surface area contributed by atoms with Crippen LogP contribution in [0.2, 0.25) is 0 Å². The van der Waals surface area contributed by atoms with Crippen molar-refractivity contribution in [3.8, 4) is 0 Å². The van der Waals surface area contributed by atoms with Gasteiger partial charge in [-0.05, 0) is 58.2 Å². The Balaban J connectivity index is 2.95. The first-order chi connectivity index (χ1) is 8.97. The minimum absolute atomic E-state index is 0.453. The van der Waals surface area contributed by atoms with Crippen LogP contribution in [0.5, 0.6) is 0 Å². The maximum atomic E-state index is 10.6. The van der Waals surface area contributed by atoms with E-state index in [0.29, 0.717) is 18.9 Å². The number of hydrogen-bond acceptors (Lipinski definition) is 5. The zero-order chi connectivity index (χ0) is 14.4. The van der Waals surface area contributed by atoms with Gasteiger partial charge in [0.15, 0.2) is 5.82 Å². The molecule has 0 saturated heterocycles. The third-order valence-electron chi connectivity index (χ3n) is 2.46. The van der Waals surface area contributed by atoms with Crippen LogP contribution in [0, 0.1) is 17.4 Å². The number of halogens is 2. The Hall–Kier alpha value is -0.650. The number of rotatable bonds is 6. The molecule has 1 aromatic heterocycles. The maximum absolute atomic E-state index is 10.6. The van der Waals surface area contributed by atoms with E-state index in [-0.39, 0.29) is 0 Å². The standard InChI is InChI=1S/C11H14I2N4O2/c1-3-16(11(14-2)7-17(18)19)6-8-5-15-10(13)4-9(8)12/h4-5,7,14H,3,6H2,1-2H3. The predicted molar refractivity (Wildman–Crippen MR) is 89.9 cm³/mol. The van der Waals surface area contributed by atoms with Crippen LogP contribution in [0.4, 0.5) is 0 Å². The van der Waals surface area contributed by atoms with Crippen molar-refractivity contribution >= 4 is 45.2 Å². The summed E-state index contributed by atoms with van der Waals surface area (Å²) in [7, 11) is 1.68. The number of pyridine rings is 1. The van der Waals surface area contributed by atoms with Gasteiger partial charge < -0.3 is 10.2 Å². The Morgan fingerprint density at radius 3 is 2.79 bits per heavy atom. The first-order valence-electron chi connectivity index (χ1n) is 5.55. The molecular weight excluding hydrogens is 474 g/mol. The van der Waals surface area contributed by atoms with E-state index in [1.165, 1.54) is 0 Å². The molecule has 1 aromatic rings. The summed E-state index contributed by atoms with van der Waals surface area (Å²) < 4.78 is 2.04. The summed E-state index contributed by atoms with van der Waals surface area (Å²) in [5.74, 6) is 0.488. The smallest absolute Gasteiger partial charge is 0.274 e. The highest BCUT2D eigenvalue weighted by molar-refractivity contribution is 14.1. The lowest BCUT2D eigenvalue weighted by atomic mass is 10.2. The number of nitro groups is 1. The van der Waals surface area contributed by atoms with Gasteiger partial charge in [0.05, 0.1) is 4.92 Å². The second-order valence-electron chi connectivity index (χ2n) is 3.66. The molecule has 0 bridgehead atoms. The van der Waals surface area contributed by atoms with Crippen molar-refractivity contribution in [3.63, 3.8) is 0 Å². The molecule has 0 unspecified atom stereocenters. The van der Waals surface area contributed by atoms with E-state index in [1.54, 1.807) is 7.05 Å². The fourth-order valence-electron chi connectivity index (χ4n) is 1.53. The minimum atomic E-state index is -0.453. The third-order valence-corrected chi connectivity index (χ3v) is 4.06. The molecule has 6 nitrogen and oxygen atoms in total. The van der Waals surface area contributed by atoms with Crippen LogP contribution in [-0.4, -0.2) is 28.4 Å². The number of aromatic nitrogens is 1. The van der Waals surface area contributed by atoms with Crippen LogP contribution >= 0.6 is 45.2 Å². The summed E-state index contributed by atoms with van der Waals surface area (Å²) in [5, 5.41) is 13.5. The van der Waals surface area contributed by atoms with E-state index in [4.69, 9.17) is 0 Å². The van der Waals surface area contributed by atoms with Crippen LogP contribution in [0.25, 0.3) is 0 Å². The van der Waals surface area contributed by atoms with Crippen LogP contribution in [-0.2, 0) is 6.54 Å². The summed E-state index contributed by atoms with van der Waals surface area (Å²) in [5.41, 5.74) is 1.05. The Bertz CT molecular complexity index is 494. The molecule has 104 valence electrons. The Kier molecular flexibility index (Phi) is 6.75. The van der Waals surface area contributed by atoms with E-state index in [2.05, 4.69) is 55.5 Å². The van der Waals surface area contributed by atoms with Crippen molar-refractivity contribution in [1.82, 2.24) is 15.2 Å². The molecule has 0 aliphatic carbocycles. The van der Waals surface area contributed by atoms with Gasteiger partial charge >= 0.3 is 0 Å². The fourth-order valence-corrected chi connectivity index (χ4v) is 3.18. The first kappa shape index (κ1) is 16.4. The molecule has 1 rings (SSSR count). The zero-order valence-electron chi connectivity index (χ0n) is 10.6. The van der Waals surface area contributed by atoms with E-state index < -0.39 is 4.92 Å². The lowest BCUT2D eigenvalue weighted by Gasteiger charge is -2.24. The molecular formula is C11H14I2N4O2. The average molecular weight is 488 g/mol. The summed E-state index contributed by atoms with van der Waals surface area (Å²) in [6.45, 7) is 3.21. The first-order valence-corrected chi connectivity index (χ1v) is 7.71. The second-order valence-corrected chi connectivity index (χ2v) is 5.93. The SMILES string of the molecule is CCN(Cc1cnc(I)cc1I)C(=C[N+](=O)[O-])NC. The molecule has 0 radical (unpaired) electrons. The Morgan fingerprint density at radius 1 is 1.63 bits per heavy atom. The Labute approximate surface area is 139 Å². The number of nitrogens with zero attached hydrogens (tertiary/aromatic N) is 3. The molecule has 1 heterocycles. The molecule has 0 spiro atoms. The molecule has 0 aliphatic rings. The molecule has 0 saturated carbocycles. The van der Waals surface area contributed by atoms with Crippen molar-refractivity contribution < 1.29 is 4.92 Å². The van der Waals surface area contributed by atoms with Gasteiger partial charge in [0.25, 0.3) is 6.20 Å². The summed E-state index contributed by atoms with van der Waals surface area (Å²) in [6.07, 6.45) is 2.79. The van der Waals surface area contributed by atoms with E-state index in [9.17, 15) is 10.1 Å². The van der Waals surface area contributed by atoms with Gasteiger partial charge in [-0.3, -0.25) is 10.1 Å². The summed E-state index contributed by atoms with van der Waals surface area (Å²) >= 11 is 4.41. The van der Waals surface area contributed by atoms with Crippen LogP contribution in [0.1, 0.15) is 12.5 Å². The number of nitrogens with one attached hydrogen (secondary N) is 1. The molecule has 0 atom stereocenters. The lowest BCUT2D eigenvalue weighted by molar-refractivity contribution is -0.404. The van der Waals surface area contributed by atoms with Crippen LogP contribution in [0.3, 0.4) is 0 Å². The maximum Gasteiger partial charge on any atom is 0.274 e. The normalized spacial score (nSPS) is 11.3. The highest BCUT2D eigenvalue weighted by atomic mass is 127. The van der Waals surface area contributed by atoms with Crippen molar-refractivity contribution in [2.75, 3.05) is 13.6 Å². The molecule has 19 heavy (non-hydrogen) atoms. The van der Waals surface area contributed by atoms with Crippen molar-refractivity contribution in [2.24, 2.45) is 0 Å². The molecule has 1 N–H and O–H groups in total. The van der Waals surface area contributed by atoms with Gasteiger partial charge in [0.2, 0.25) is 0 Å². The molecule has 8 heteroatoms. The minimum Gasteiger partial charge on any atom is -0.370 e. The number of hydrogen-bond donors (Lipinski definition) is 1. The highest BCUT2D eigenvalue weighted by Gasteiger charge is 2.13. The zero-order valence-corrected chi connectivity index (χ0v) is 14.9. The monoisotopic (exact) mass is 488 g/mol. The van der Waals surface area contributed by atoms with Crippen LogP contribution in [0.15, 0.2) is 24.3 Å². The van der Waals surface area contributed by atoms with Crippen molar-refractivity contribution in [3.05, 3.63) is 47.2 Å². The van der Waals surface area contributed by atoms with Gasteiger partial charge in [-0.1, -0.05) is 0 Å². The molecule has 0 fully saturated rings. The predicted octanol–water partition coefficient (Wildman–Crippen LogP) is 2.41. The topological polar surface area (TPSA) is 71.3 Å². The van der Waals surface area contributed by atoms with Gasteiger partial charge in [-0.15, -0.1) is 0 Å². The molecule has 0 amide bonds. The van der Waals surface area contributed by atoms with Gasteiger partial charge in [-0.2, -0.15) is 0 Å². The van der Waals surface area contributed by atoms with Crippen molar-refractivity contribution in [1.29, 1.82) is 0 Å². The summed E-state index contributed by atoms with van der Waals surface area (Å²) in [6, 6.07) is 1.99. The van der Waals surface area contributed by atoms with Gasteiger partial charge in [0, 0.05) is 35.5 Å². The third kappa shape index (κ3) is 5.09. The lowest BCUT2D eigenvalue weighted by Crippen LogP contribution is -2.30.